The summed E-state index contributed by atoms with van der Waals surface area (Å²) in [4.78, 5) is 28.1. The van der Waals surface area contributed by atoms with Crippen LogP contribution in [0.15, 0.2) is 24.5 Å². The normalized spacial score (nSPS) is 18.0. The number of aromatic nitrogens is 1. The molecule has 9 heteroatoms. The number of carbonyl (C=O) groups is 2. The van der Waals surface area contributed by atoms with E-state index in [9.17, 15) is 18.0 Å². The summed E-state index contributed by atoms with van der Waals surface area (Å²) in [5.41, 5.74) is 0.956. The van der Waals surface area contributed by atoms with Crippen molar-refractivity contribution in [2.75, 3.05) is 25.4 Å². The Bertz CT molecular complexity index is 724. The van der Waals surface area contributed by atoms with Crippen LogP contribution in [0.5, 0.6) is 0 Å². The Balaban J connectivity index is 1.71. The van der Waals surface area contributed by atoms with Gasteiger partial charge in [-0.15, -0.1) is 0 Å². The first kappa shape index (κ1) is 21.3. The summed E-state index contributed by atoms with van der Waals surface area (Å²) in [5, 5.41) is 5.54. The summed E-state index contributed by atoms with van der Waals surface area (Å²) in [6, 6.07) is 3.65. The number of amides is 2. The van der Waals surface area contributed by atoms with E-state index >= 15 is 0 Å². The predicted molar refractivity (Wildman–Crippen MR) is 102 cm³/mol. The van der Waals surface area contributed by atoms with Gasteiger partial charge in [0.15, 0.2) is 0 Å². The van der Waals surface area contributed by atoms with Crippen molar-refractivity contribution in [2.24, 2.45) is 5.92 Å². The Hall–Kier alpha value is -2.00. The Labute approximate surface area is 160 Å². The number of sulfonamides is 1. The van der Waals surface area contributed by atoms with Gasteiger partial charge in [-0.25, -0.2) is 12.7 Å². The predicted octanol–water partition coefficient (Wildman–Crippen LogP) is 0.656. The minimum absolute atomic E-state index is 0.110. The molecule has 1 fully saturated rings. The SMILES string of the molecule is CCCS(=O)(=O)N1CCCC(C(=O)NCCC(=O)NCc2ccncc2)C1. The number of rotatable bonds is 9. The quantitative estimate of drug-likeness (QED) is 0.637. The summed E-state index contributed by atoms with van der Waals surface area (Å²) >= 11 is 0. The maximum atomic E-state index is 12.3. The maximum absolute atomic E-state index is 12.3. The lowest BCUT2D eigenvalue weighted by atomic mass is 9.99. The molecule has 2 heterocycles. The van der Waals surface area contributed by atoms with Gasteiger partial charge in [-0.2, -0.15) is 0 Å². The van der Waals surface area contributed by atoms with Gasteiger partial charge in [0, 0.05) is 45.0 Å². The molecular formula is C18H28N4O4S. The zero-order valence-electron chi connectivity index (χ0n) is 15.7. The average molecular weight is 397 g/mol. The van der Waals surface area contributed by atoms with Crippen molar-refractivity contribution in [3.8, 4) is 0 Å². The highest BCUT2D eigenvalue weighted by molar-refractivity contribution is 7.89. The van der Waals surface area contributed by atoms with Crippen molar-refractivity contribution in [1.29, 1.82) is 0 Å². The molecule has 1 unspecified atom stereocenters. The van der Waals surface area contributed by atoms with Gasteiger partial charge in [-0.3, -0.25) is 14.6 Å². The first-order chi connectivity index (χ1) is 12.9. The molecule has 150 valence electrons. The van der Waals surface area contributed by atoms with Gasteiger partial charge < -0.3 is 10.6 Å². The van der Waals surface area contributed by atoms with Crippen LogP contribution in [0.2, 0.25) is 0 Å². The molecule has 0 aromatic carbocycles. The lowest BCUT2D eigenvalue weighted by molar-refractivity contribution is -0.126. The summed E-state index contributed by atoms with van der Waals surface area (Å²) in [5.74, 6) is -0.583. The van der Waals surface area contributed by atoms with Crippen LogP contribution in [-0.4, -0.2) is 54.9 Å². The van der Waals surface area contributed by atoms with E-state index in [1.54, 1.807) is 12.4 Å². The molecule has 1 saturated heterocycles. The van der Waals surface area contributed by atoms with Crippen LogP contribution in [0, 0.1) is 5.92 Å². The van der Waals surface area contributed by atoms with Crippen LogP contribution in [-0.2, 0) is 26.2 Å². The molecule has 0 saturated carbocycles. The molecule has 1 aliphatic rings. The molecule has 2 N–H and O–H groups in total. The van der Waals surface area contributed by atoms with Crippen molar-refractivity contribution in [3.63, 3.8) is 0 Å². The number of hydrogen-bond acceptors (Lipinski definition) is 5. The van der Waals surface area contributed by atoms with Crippen molar-refractivity contribution in [3.05, 3.63) is 30.1 Å². The molecule has 1 aliphatic heterocycles. The van der Waals surface area contributed by atoms with Crippen molar-refractivity contribution in [2.45, 2.75) is 39.2 Å². The topological polar surface area (TPSA) is 108 Å². The molecule has 0 spiro atoms. The third kappa shape index (κ3) is 6.91. The van der Waals surface area contributed by atoms with E-state index < -0.39 is 10.0 Å². The van der Waals surface area contributed by atoms with E-state index in [-0.39, 0.29) is 43.0 Å². The van der Waals surface area contributed by atoms with E-state index in [1.807, 2.05) is 19.1 Å². The zero-order valence-corrected chi connectivity index (χ0v) is 16.5. The molecule has 8 nitrogen and oxygen atoms in total. The standard InChI is InChI=1S/C18H28N4O4S/c1-2-12-27(25,26)22-11-3-4-16(14-22)18(24)20-10-7-17(23)21-13-15-5-8-19-9-6-15/h5-6,8-9,16H,2-4,7,10-14H2,1H3,(H,20,24)(H,21,23). The first-order valence-electron chi connectivity index (χ1n) is 9.33. The molecule has 1 atom stereocenters. The third-order valence-corrected chi connectivity index (χ3v) is 6.54. The third-order valence-electron chi connectivity index (χ3n) is 4.50. The molecule has 0 radical (unpaired) electrons. The second kappa shape index (κ2) is 10.4. The minimum atomic E-state index is -3.28. The highest BCUT2D eigenvalue weighted by Crippen LogP contribution is 2.20. The molecule has 0 aliphatic carbocycles. The van der Waals surface area contributed by atoms with Crippen LogP contribution >= 0.6 is 0 Å². The summed E-state index contributed by atoms with van der Waals surface area (Å²) < 4.78 is 25.8. The van der Waals surface area contributed by atoms with Crippen LogP contribution in [0.3, 0.4) is 0 Å². The Morgan fingerprint density at radius 1 is 1.26 bits per heavy atom. The lowest BCUT2D eigenvalue weighted by Crippen LogP contribution is -2.46. The Kier molecular flexibility index (Phi) is 8.18. The number of nitrogens with zero attached hydrogens (tertiary/aromatic N) is 2. The molecular weight excluding hydrogens is 368 g/mol. The monoisotopic (exact) mass is 396 g/mol. The first-order valence-corrected chi connectivity index (χ1v) is 10.9. The average Bonchev–Trinajstić information content (AvgIpc) is 2.67. The molecule has 0 bridgehead atoms. The largest absolute Gasteiger partial charge is 0.355 e. The van der Waals surface area contributed by atoms with E-state index in [1.165, 1.54) is 4.31 Å². The van der Waals surface area contributed by atoms with Crippen LogP contribution in [0.1, 0.15) is 38.2 Å². The lowest BCUT2D eigenvalue weighted by Gasteiger charge is -2.31. The highest BCUT2D eigenvalue weighted by Gasteiger charge is 2.31. The number of piperidine rings is 1. The molecule has 1 aromatic heterocycles. The van der Waals surface area contributed by atoms with Crippen molar-refractivity contribution in [1.82, 2.24) is 19.9 Å². The zero-order chi connectivity index (χ0) is 19.7. The van der Waals surface area contributed by atoms with E-state index in [2.05, 4.69) is 15.6 Å². The van der Waals surface area contributed by atoms with Crippen molar-refractivity contribution < 1.29 is 18.0 Å². The summed E-state index contributed by atoms with van der Waals surface area (Å²) in [6.45, 7) is 3.18. The van der Waals surface area contributed by atoms with Crippen LogP contribution < -0.4 is 10.6 Å². The smallest absolute Gasteiger partial charge is 0.224 e. The van der Waals surface area contributed by atoms with Gasteiger partial charge >= 0.3 is 0 Å². The molecule has 2 rings (SSSR count). The fraction of sp³-hybridized carbons (Fsp3) is 0.611. The van der Waals surface area contributed by atoms with Gasteiger partial charge in [0.1, 0.15) is 0 Å². The van der Waals surface area contributed by atoms with Gasteiger partial charge in [-0.05, 0) is 37.0 Å². The highest BCUT2D eigenvalue weighted by atomic mass is 32.2. The van der Waals surface area contributed by atoms with Gasteiger partial charge in [0.2, 0.25) is 21.8 Å². The second-order valence-electron chi connectivity index (χ2n) is 6.69. The molecule has 1 aromatic rings. The Morgan fingerprint density at radius 2 is 2.00 bits per heavy atom. The van der Waals surface area contributed by atoms with Gasteiger partial charge in [0.25, 0.3) is 0 Å². The number of nitrogens with one attached hydrogen (secondary N) is 2. The molecule has 27 heavy (non-hydrogen) atoms. The van der Waals surface area contributed by atoms with Crippen LogP contribution in [0.4, 0.5) is 0 Å². The van der Waals surface area contributed by atoms with Gasteiger partial charge in [0.05, 0.1) is 11.7 Å². The second-order valence-corrected chi connectivity index (χ2v) is 8.77. The molecule has 2 amide bonds. The minimum Gasteiger partial charge on any atom is -0.355 e. The van der Waals surface area contributed by atoms with Gasteiger partial charge in [-0.1, -0.05) is 6.92 Å². The van der Waals surface area contributed by atoms with Crippen molar-refractivity contribution >= 4 is 21.8 Å². The van der Waals surface area contributed by atoms with Crippen LogP contribution in [0.25, 0.3) is 0 Å². The maximum Gasteiger partial charge on any atom is 0.224 e. The summed E-state index contributed by atoms with van der Waals surface area (Å²) in [7, 11) is -3.28. The Morgan fingerprint density at radius 3 is 2.70 bits per heavy atom. The number of carbonyl (C=O) groups excluding carboxylic acids is 2. The van der Waals surface area contributed by atoms with E-state index in [0.29, 0.717) is 32.4 Å². The summed E-state index contributed by atoms with van der Waals surface area (Å²) in [6.07, 6.45) is 5.41. The van der Waals surface area contributed by atoms with E-state index in [0.717, 1.165) is 5.56 Å². The van der Waals surface area contributed by atoms with E-state index in [4.69, 9.17) is 0 Å². The number of pyridine rings is 1. The fourth-order valence-corrected chi connectivity index (χ4v) is 4.62. The fourth-order valence-electron chi connectivity index (χ4n) is 3.03. The number of hydrogen-bond donors (Lipinski definition) is 2.